The zero-order valence-electron chi connectivity index (χ0n) is 16.2. The van der Waals surface area contributed by atoms with Gasteiger partial charge in [-0.15, -0.1) is 11.3 Å². The largest absolute Gasteiger partial charge is 0.324 e. The predicted octanol–water partition coefficient (Wildman–Crippen LogP) is 4.34. The van der Waals surface area contributed by atoms with Crippen LogP contribution in [0.1, 0.15) is 49.7 Å². The van der Waals surface area contributed by atoms with E-state index in [2.05, 4.69) is 31.1 Å². The molecule has 0 unspecified atom stereocenters. The van der Waals surface area contributed by atoms with Crippen molar-refractivity contribution < 1.29 is 4.79 Å². The van der Waals surface area contributed by atoms with Crippen LogP contribution >= 0.6 is 11.3 Å². The van der Waals surface area contributed by atoms with Gasteiger partial charge in [-0.2, -0.15) is 0 Å². The lowest BCUT2D eigenvalue weighted by Crippen LogP contribution is -2.32. The second-order valence-corrected chi connectivity index (χ2v) is 7.68. The Morgan fingerprint density at radius 2 is 1.85 bits per heavy atom. The Morgan fingerprint density at radius 3 is 2.44 bits per heavy atom. The molecule has 3 rings (SSSR count). The average molecular weight is 384 g/mol. The zero-order valence-corrected chi connectivity index (χ0v) is 17.0. The monoisotopic (exact) mass is 383 g/mol. The van der Waals surface area contributed by atoms with E-state index in [1.54, 1.807) is 6.92 Å². The topological polar surface area (TPSA) is 64.0 Å². The molecule has 0 saturated carbocycles. The number of nitrogens with zero attached hydrogens (tertiary/aromatic N) is 2. The molecule has 0 aliphatic heterocycles. The minimum Gasteiger partial charge on any atom is -0.324 e. The maximum absolute atomic E-state index is 12.9. The first-order valence-corrected chi connectivity index (χ1v) is 10.2. The van der Waals surface area contributed by atoms with Crippen molar-refractivity contribution in [3.05, 3.63) is 57.0 Å². The standard InChI is InChI=1S/C21H25N3O2S/c1-5-14-9-8-10-15(6-2)18(14)23-19(25)13(4)24-12-22-20-17(21(24)26)11-16(7-3)27-20/h8-13H,5-7H2,1-4H3,(H,23,25)/t13-/m1/s1. The van der Waals surface area contributed by atoms with Gasteiger partial charge in [-0.25, -0.2) is 4.98 Å². The van der Waals surface area contributed by atoms with Gasteiger partial charge >= 0.3 is 0 Å². The molecule has 27 heavy (non-hydrogen) atoms. The smallest absolute Gasteiger partial charge is 0.262 e. The first-order valence-electron chi connectivity index (χ1n) is 9.41. The fraction of sp³-hybridized carbons (Fsp3) is 0.381. The Kier molecular flexibility index (Phi) is 5.75. The van der Waals surface area contributed by atoms with Crippen LogP contribution in [0.5, 0.6) is 0 Å². The van der Waals surface area contributed by atoms with E-state index < -0.39 is 6.04 Å². The maximum atomic E-state index is 12.9. The molecular formula is C21H25N3O2S. The highest BCUT2D eigenvalue weighted by molar-refractivity contribution is 7.18. The second kappa shape index (κ2) is 8.05. The van der Waals surface area contributed by atoms with E-state index in [0.29, 0.717) is 5.39 Å². The van der Waals surface area contributed by atoms with Crippen molar-refractivity contribution in [3.8, 4) is 0 Å². The summed E-state index contributed by atoms with van der Waals surface area (Å²) >= 11 is 1.53. The third-order valence-corrected chi connectivity index (χ3v) is 6.11. The first kappa shape index (κ1) is 19.3. The van der Waals surface area contributed by atoms with Crippen LogP contribution in [0.3, 0.4) is 0 Å². The molecule has 0 radical (unpaired) electrons. The summed E-state index contributed by atoms with van der Waals surface area (Å²) in [4.78, 5) is 32.0. The van der Waals surface area contributed by atoms with E-state index in [1.807, 2.05) is 24.3 Å². The van der Waals surface area contributed by atoms with Crippen LogP contribution in [0.15, 0.2) is 35.4 Å². The summed E-state index contributed by atoms with van der Waals surface area (Å²) in [5, 5.41) is 3.63. The highest BCUT2D eigenvalue weighted by Crippen LogP contribution is 2.24. The molecule has 0 aliphatic rings. The number of para-hydroxylation sites is 1. The molecule has 6 heteroatoms. The van der Waals surface area contributed by atoms with Crippen LogP contribution < -0.4 is 10.9 Å². The van der Waals surface area contributed by atoms with Crippen molar-refractivity contribution in [1.82, 2.24) is 9.55 Å². The van der Waals surface area contributed by atoms with Gasteiger partial charge < -0.3 is 5.32 Å². The van der Waals surface area contributed by atoms with Crippen molar-refractivity contribution in [3.63, 3.8) is 0 Å². The summed E-state index contributed by atoms with van der Waals surface area (Å²) in [5.74, 6) is -0.209. The summed E-state index contributed by atoms with van der Waals surface area (Å²) in [7, 11) is 0. The maximum Gasteiger partial charge on any atom is 0.262 e. The van der Waals surface area contributed by atoms with E-state index in [9.17, 15) is 9.59 Å². The lowest BCUT2D eigenvalue weighted by atomic mass is 10.0. The minimum atomic E-state index is -0.644. The summed E-state index contributed by atoms with van der Waals surface area (Å²) in [6, 6.07) is 7.31. The van der Waals surface area contributed by atoms with E-state index in [-0.39, 0.29) is 11.5 Å². The van der Waals surface area contributed by atoms with Crippen molar-refractivity contribution in [2.45, 2.75) is 53.0 Å². The number of thiophene rings is 1. The zero-order chi connectivity index (χ0) is 19.6. The van der Waals surface area contributed by atoms with Gasteiger partial charge in [0.2, 0.25) is 5.91 Å². The van der Waals surface area contributed by atoms with E-state index in [0.717, 1.165) is 45.8 Å². The second-order valence-electron chi connectivity index (χ2n) is 6.57. The normalized spacial score (nSPS) is 12.3. The number of amides is 1. The van der Waals surface area contributed by atoms with Crippen LogP contribution in [-0.2, 0) is 24.1 Å². The number of rotatable bonds is 6. The molecule has 1 atom stereocenters. The third-order valence-electron chi connectivity index (χ3n) is 4.92. The Labute approximate surface area is 163 Å². The highest BCUT2D eigenvalue weighted by Gasteiger charge is 2.20. The van der Waals surface area contributed by atoms with Crippen molar-refractivity contribution in [2.24, 2.45) is 0 Å². The molecule has 2 aromatic heterocycles. The number of hydrogen-bond donors (Lipinski definition) is 1. The number of benzene rings is 1. The van der Waals surface area contributed by atoms with Crippen LogP contribution in [0.4, 0.5) is 5.69 Å². The molecule has 5 nitrogen and oxygen atoms in total. The number of carbonyl (C=O) groups excluding carboxylic acids is 1. The molecule has 0 fully saturated rings. The summed E-state index contributed by atoms with van der Waals surface area (Å²) < 4.78 is 1.42. The van der Waals surface area contributed by atoms with Gasteiger partial charge in [0.05, 0.1) is 11.7 Å². The van der Waals surface area contributed by atoms with Gasteiger partial charge in [0, 0.05) is 10.6 Å². The van der Waals surface area contributed by atoms with E-state index in [4.69, 9.17) is 0 Å². The van der Waals surface area contributed by atoms with Crippen LogP contribution in [-0.4, -0.2) is 15.5 Å². The first-order chi connectivity index (χ1) is 13.0. The van der Waals surface area contributed by atoms with Gasteiger partial charge in [0.25, 0.3) is 5.56 Å². The van der Waals surface area contributed by atoms with Crippen LogP contribution in [0.2, 0.25) is 0 Å². The Bertz CT molecular complexity index is 1010. The number of nitrogens with one attached hydrogen (secondary N) is 1. The molecule has 0 saturated heterocycles. The molecule has 2 heterocycles. The molecular weight excluding hydrogens is 358 g/mol. The Hall–Kier alpha value is -2.47. The predicted molar refractivity (Wildman–Crippen MR) is 112 cm³/mol. The molecule has 1 amide bonds. The fourth-order valence-corrected chi connectivity index (χ4v) is 4.12. The number of anilines is 1. The summed E-state index contributed by atoms with van der Waals surface area (Å²) in [6.45, 7) is 7.92. The fourth-order valence-electron chi connectivity index (χ4n) is 3.19. The molecule has 0 spiro atoms. The molecule has 0 bridgehead atoms. The van der Waals surface area contributed by atoms with Crippen molar-refractivity contribution in [1.29, 1.82) is 0 Å². The van der Waals surface area contributed by atoms with Gasteiger partial charge in [-0.1, -0.05) is 39.0 Å². The Morgan fingerprint density at radius 1 is 1.19 bits per heavy atom. The molecule has 3 aromatic rings. The SMILES string of the molecule is CCc1cc2c(=O)n([C@H](C)C(=O)Nc3c(CC)cccc3CC)cnc2s1. The molecule has 1 N–H and O–H groups in total. The van der Waals surface area contributed by atoms with E-state index in [1.165, 1.54) is 22.2 Å². The van der Waals surface area contributed by atoms with E-state index >= 15 is 0 Å². The summed E-state index contributed by atoms with van der Waals surface area (Å²) in [5.41, 5.74) is 2.89. The number of aryl methyl sites for hydroxylation is 3. The van der Waals surface area contributed by atoms with Crippen LogP contribution in [0, 0.1) is 0 Å². The van der Waals surface area contributed by atoms with Gasteiger partial charge in [-0.3, -0.25) is 14.2 Å². The number of fused-ring (bicyclic) bond motifs is 1. The van der Waals surface area contributed by atoms with Gasteiger partial charge in [0.1, 0.15) is 10.9 Å². The number of aromatic nitrogens is 2. The lowest BCUT2D eigenvalue weighted by Gasteiger charge is -2.18. The van der Waals surface area contributed by atoms with Gasteiger partial charge in [-0.05, 0) is 43.4 Å². The van der Waals surface area contributed by atoms with Gasteiger partial charge in [0.15, 0.2) is 0 Å². The molecule has 142 valence electrons. The molecule has 0 aliphatic carbocycles. The Balaban J connectivity index is 1.94. The lowest BCUT2D eigenvalue weighted by molar-refractivity contribution is -0.118. The molecule has 1 aromatic carbocycles. The number of hydrogen-bond acceptors (Lipinski definition) is 4. The van der Waals surface area contributed by atoms with Crippen LogP contribution in [0.25, 0.3) is 10.2 Å². The number of carbonyl (C=O) groups is 1. The third kappa shape index (κ3) is 3.67. The van der Waals surface area contributed by atoms with Crippen molar-refractivity contribution >= 4 is 33.1 Å². The highest BCUT2D eigenvalue weighted by atomic mass is 32.1. The average Bonchev–Trinajstić information content (AvgIpc) is 3.12. The minimum absolute atomic E-state index is 0.168. The van der Waals surface area contributed by atoms with Crippen molar-refractivity contribution in [2.75, 3.05) is 5.32 Å². The quantitative estimate of drug-likeness (QED) is 0.688. The summed E-state index contributed by atoms with van der Waals surface area (Å²) in [6.07, 6.45) is 4.02.